The maximum absolute atomic E-state index is 13.6. The maximum Gasteiger partial charge on any atom is 0.358 e. The van der Waals surface area contributed by atoms with Crippen LogP contribution in [0.5, 0.6) is 0 Å². The van der Waals surface area contributed by atoms with Crippen molar-refractivity contribution in [1.29, 1.82) is 0 Å². The second-order valence-corrected chi connectivity index (χ2v) is 11.4. The van der Waals surface area contributed by atoms with E-state index in [9.17, 15) is 14.4 Å². The number of fused-ring (bicyclic) bond motifs is 2. The molecule has 11 nitrogen and oxygen atoms in total. The van der Waals surface area contributed by atoms with Crippen molar-refractivity contribution in [2.75, 3.05) is 56.4 Å². The summed E-state index contributed by atoms with van der Waals surface area (Å²) in [6.45, 7) is 0.877. The Hall–Kier alpha value is -4.90. The first-order valence-electron chi connectivity index (χ1n) is 13.9. The summed E-state index contributed by atoms with van der Waals surface area (Å²) in [5.74, 6) is 1.09. The number of nitrogens with one attached hydrogen (secondary N) is 1. The summed E-state index contributed by atoms with van der Waals surface area (Å²) < 4.78 is 2.70. The molecule has 1 amide bonds. The monoisotopic (exact) mass is 598 g/mol. The minimum Gasteiger partial charge on any atom is -0.380 e. The summed E-state index contributed by atoms with van der Waals surface area (Å²) >= 11 is 6.33. The number of aromatic nitrogens is 4. The third-order valence-corrected chi connectivity index (χ3v) is 7.82. The number of amides is 1. The summed E-state index contributed by atoms with van der Waals surface area (Å²) in [7, 11) is 7.31. The van der Waals surface area contributed by atoms with Crippen LogP contribution in [0.2, 0.25) is 5.02 Å². The summed E-state index contributed by atoms with van der Waals surface area (Å²) in [6.07, 6.45) is 0.684. The van der Waals surface area contributed by atoms with Crippen LogP contribution < -0.4 is 26.5 Å². The van der Waals surface area contributed by atoms with Crippen molar-refractivity contribution in [2.45, 2.75) is 12.5 Å². The molecule has 1 unspecified atom stereocenters. The Morgan fingerprint density at radius 3 is 2.30 bits per heavy atom. The van der Waals surface area contributed by atoms with Crippen LogP contribution in [0.3, 0.4) is 0 Å². The molecule has 3 heterocycles. The van der Waals surface area contributed by atoms with Gasteiger partial charge in [0.15, 0.2) is 0 Å². The Morgan fingerprint density at radius 2 is 1.56 bits per heavy atom. The van der Waals surface area contributed by atoms with Gasteiger partial charge in [0.05, 0.1) is 16.7 Å². The van der Waals surface area contributed by atoms with E-state index >= 15 is 0 Å². The lowest BCUT2D eigenvalue weighted by atomic mass is 10.2. The Balaban J connectivity index is 1.27. The van der Waals surface area contributed by atoms with Crippen molar-refractivity contribution in [3.05, 3.63) is 92.7 Å². The van der Waals surface area contributed by atoms with Crippen LogP contribution in [-0.4, -0.2) is 77.4 Å². The van der Waals surface area contributed by atoms with Crippen molar-refractivity contribution in [2.24, 2.45) is 0 Å². The molecule has 2 aromatic heterocycles. The lowest BCUT2D eigenvalue weighted by Gasteiger charge is -2.21. The third kappa shape index (κ3) is 5.16. The summed E-state index contributed by atoms with van der Waals surface area (Å²) in [5.41, 5.74) is 1.57. The van der Waals surface area contributed by atoms with E-state index in [1.807, 2.05) is 70.7 Å². The zero-order chi connectivity index (χ0) is 30.4. The van der Waals surface area contributed by atoms with Gasteiger partial charge in [0.1, 0.15) is 11.6 Å². The molecule has 1 aliphatic heterocycles. The van der Waals surface area contributed by atoms with Crippen LogP contribution in [0.1, 0.15) is 6.42 Å². The van der Waals surface area contributed by atoms with Crippen LogP contribution in [0.25, 0.3) is 27.5 Å². The van der Waals surface area contributed by atoms with Gasteiger partial charge in [0, 0.05) is 68.8 Å². The molecule has 1 saturated heterocycles. The number of carbonyl (C=O) groups is 1. The second kappa shape index (κ2) is 11.1. The number of carbonyl (C=O) groups excluding carboxylic acids is 1. The van der Waals surface area contributed by atoms with Gasteiger partial charge in [0.25, 0.3) is 0 Å². The van der Waals surface area contributed by atoms with Crippen LogP contribution in [0, 0.1) is 0 Å². The molecule has 0 spiro atoms. The van der Waals surface area contributed by atoms with E-state index in [0.29, 0.717) is 52.9 Å². The van der Waals surface area contributed by atoms with Gasteiger partial charge in [-0.3, -0.25) is 4.57 Å². The predicted octanol–water partition coefficient (Wildman–Crippen LogP) is 4.04. The molecule has 3 aromatic carbocycles. The number of hydrogen-bond acceptors (Lipinski definition) is 8. The molecule has 12 heteroatoms. The van der Waals surface area contributed by atoms with E-state index in [1.165, 1.54) is 0 Å². The van der Waals surface area contributed by atoms with E-state index in [-0.39, 0.29) is 6.04 Å². The number of hydrogen-bond donors (Lipinski definition) is 1. The van der Waals surface area contributed by atoms with Crippen LogP contribution in [-0.2, 0) is 0 Å². The standard InChI is InChI=1S/C31H31ClN8O3/c1-36(2)27-23-10-5-6-11-25(23)40(30(42)35-27)31(43)38-15-14-21(18-38)33-20-8-7-9-22(17-20)39-26-16-19(32)12-13-24(26)28(37(3)4)34-29(39)41/h5-13,16-17,21,33H,14-15,18H2,1-4H3. The fraction of sp³-hybridized carbons (Fsp3) is 0.258. The summed E-state index contributed by atoms with van der Waals surface area (Å²) in [5, 5.41) is 5.54. The van der Waals surface area contributed by atoms with Crippen molar-refractivity contribution in [3.63, 3.8) is 0 Å². The molecule has 220 valence electrons. The second-order valence-electron chi connectivity index (χ2n) is 11.0. The lowest BCUT2D eigenvalue weighted by Crippen LogP contribution is -2.41. The average molecular weight is 599 g/mol. The first kappa shape index (κ1) is 28.2. The molecule has 0 aliphatic carbocycles. The van der Waals surface area contributed by atoms with E-state index < -0.39 is 17.4 Å². The smallest absolute Gasteiger partial charge is 0.358 e. The highest BCUT2D eigenvalue weighted by Crippen LogP contribution is 2.28. The molecule has 0 saturated carbocycles. The Bertz CT molecular complexity index is 2000. The number of benzene rings is 3. The van der Waals surface area contributed by atoms with Crippen LogP contribution in [0.4, 0.5) is 22.1 Å². The van der Waals surface area contributed by atoms with Crippen molar-refractivity contribution < 1.29 is 4.79 Å². The maximum atomic E-state index is 13.6. The Morgan fingerprint density at radius 1 is 0.860 bits per heavy atom. The molecule has 1 aliphatic rings. The number of para-hydroxylation sites is 1. The molecular weight excluding hydrogens is 568 g/mol. The quantitative estimate of drug-likeness (QED) is 0.323. The van der Waals surface area contributed by atoms with E-state index in [2.05, 4.69) is 15.3 Å². The molecule has 6 rings (SSSR count). The van der Waals surface area contributed by atoms with Crippen molar-refractivity contribution in [1.82, 2.24) is 24.0 Å². The van der Waals surface area contributed by atoms with Gasteiger partial charge in [-0.15, -0.1) is 0 Å². The minimum absolute atomic E-state index is 0.0627. The summed E-state index contributed by atoms with van der Waals surface area (Å²) in [6, 6.07) is 19.7. The average Bonchev–Trinajstić information content (AvgIpc) is 3.44. The summed E-state index contributed by atoms with van der Waals surface area (Å²) in [4.78, 5) is 53.6. The third-order valence-electron chi connectivity index (χ3n) is 7.59. The van der Waals surface area contributed by atoms with Gasteiger partial charge in [-0.05, 0) is 55.0 Å². The highest BCUT2D eigenvalue weighted by molar-refractivity contribution is 6.31. The SMILES string of the molecule is CN(C)c1nc(=O)n(C(=O)N2CCC(Nc3cccc(-n4c(=O)nc(N(C)C)c5ccc(Cl)cc54)c3)C2)c2ccccc12. The number of rotatable bonds is 5. The number of halogens is 1. The predicted molar refractivity (Wildman–Crippen MR) is 171 cm³/mol. The molecule has 43 heavy (non-hydrogen) atoms. The number of anilines is 3. The van der Waals surface area contributed by atoms with Crippen LogP contribution in [0.15, 0.2) is 76.3 Å². The van der Waals surface area contributed by atoms with Gasteiger partial charge in [-0.2, -0.15) is 9.97 Å². The van der Waals surface area contributed by atoms with Gasteiger partial charge in [0.2, 0.25) is 0 Å². The molecule has 1 fully saturated rings. The highest BCUT2D eigenvalue weighted by Gasteiger charge is 2.29. The van der Waals surface area contributed by atoms with Gasteiger partial charge >= 0.3 is 17.4 Å². The van der Waals surface area contributed by atoms with Gasteiger partial charge in [-0.25, -0.2) is 19.0 Å². The zero-order valence-electron chi connectivity index (χ0n) is 24.3. The van der Waals surface area contributed by atoms with E-state index in [1.54, 1.807) is 43.5 Å². The number of likely N-dealkylation sites (tertiary alicyclic amines) is 1. The molecule has 1 atom stereocenters. The Kier molecular flexibility index (Phi) is 7.26. The fourth-order valence-corrected chi connectivity index (χ4v) is 5.79. The highest BCUT2D eigenvalue weighted by atomic mass is 35.5. The first-order chi connectivity index (χ1) is 20.6. The van der Waals surface area contributed by atoms with Crippen LogP contribution >= 0.6 is 11.6 Å². The number of nitrogens with zero attached hydrogens (tertiary/aromatic N) is 7. The molecule has 0 radical (unpaired) electrons. The molecule has 0 bridgehead atoms. The van der Waals surface area contributed by atoms with Gasteiger partial charge < -0.3 is 20.0 Å². The van der Waals surface area contributed by atoms with E-state index in [0.717, 1.165) is 21.0 Å². The largest absolute Gasteiger partial charge is 0.380 e. The van der Waals surface area contributed by atoms with Gasteiger partial charge in [-0.1, -0.05) is 29.8 Å². The zero-order valence-corrected chi connectivity index (χ0v) is 25.0. The van der Waals surface area contributed by atoms with Crippen molar-refractivity contribution >= 4 is 56.8 Å². The lowest BCUT2D eigenvalue weighted by molar-refractivity contribution is 0.210. The van der Waals surface area contributed by atoms with E-state index in [4.69, 9.17) is 11.6 Å². The van der Waals surface area contributed by atoms with Crippen molar-refractivity contribution in [3.8, 4) is 5.69 Å². The topological polar surface area (TPSA) is 109 Å². The normalized spacial score (nSPS) is 14.8. The first-order valence-corrected chi connectivity index (χ1v) is 14.2. The minimum atomic E-state index is -0.608. The molecule has 5 aromatic rings. The Labute approximate surface area is 252 Å². The molecule has 1 N–H and O–H groups in total. The molecular formula is C31H31ClN8O3. The fourth-order valence-electron chi connectivity index (χ4n) is 5.62.